The average Bonchev–Trinajstić information content (AvgIpc) is 3.30. The van der Waals surface area contributed by atoms with Gasteiger partial charge in [-0.1, -0.05) is 46.3 Å². The van der Waals surface area contributed by atoms with Gasteiger partial charge in [0.2, 0.25) is 6.29 Å². The molecule has 7 fully saturated rings. The molecule has 67 heavy (non-hydrogen) atoms. The molecule has 4 saturated carbocycles. The van der Waals surface area contributed by atoms with E-state index in [2.05, 4.69) is 26.8 Å². The normalized spacial score (nSPS) is 55.5. The van der Waals surface area contributed by atoms with Gasteiger partial charge in [0.05, 0.1) is 36.3 Å². The van der Waals surface area contributed by atoms with Crippen molar-refractivity contribution >= 4 is 12.3 Å². The standard InChI is InChI=1S/C48H76O19/c1-22-30(53)32(55)35(58)40(63-22)66-38-25(18-49)64-39(37(60)34(38)57)62-19-26-31(54)33(56)36(59)41(65-26)67-42(61)48-15-13-43(2,20-50)17-24(48)23-7-8-28-44(3)11-10-29(52)45(4,21-51)27(44)9-12-47(28,6)46(23,5)14-16-48/h7,21-22,24-41,49-50,52-60H,8-20H2,1-6H3/t22-,24-,25+,26+,27+,28+,29-,30-,31+,32+,33-,34+,35+,36+,37+,38+,39+,40-,41-,43+,44-,45-,46+,47+,48-/m0/s1. The Bertz CT molecular complexity index is 1850. The summed E-state index contributed by atoms with van der Waals surface area (Å²) in [5.41, 5.74) is -2.08. The predicted octanol–water partition coefficient (Wildman–Crippen LogP) is -0.680. The third kappa shape index (κ3) is 8.01. The molecule has 8 aliphatic rings. The molecule has 0 aromatic rings. The number of carbonyl (C=O) groups is 2. The second-order valence-electron chi connectivity index (χ2n) is 23.0. The van der Waals surface area contributed by atoms with Gasteiger partial charge in [-0.25, -0.2) is 0 Å². The molecule has 8 rings (SSSR count). The second kappa shape index (κ2) is 18.4. The van der Waals surface area contributed by atoms with Crippen LogP contribution in [-0.4, -0.2) is 186 Å². The number of carbonyl (C=O) groups excluding carboxylic acids is 2. The van der Waals surface area contributed by atoms with Crippen LogP contribution < -0.4 is 0 Å². The highest BCUT2D eigenvalue weighted by Crippen LogP contribution is 2.76. The highest BCUT2D eigenvalue weighted by atomic mass is 16.8. The topological polar surface area (TPSA) is 312 Å². The lowest BCUT2D eigenvalue weighted by molar-refractivity contribution is -0.361. The maximum absolute atomic E-state index is 15.0. The van der Waals surface area contributed by atoms with Gasteiger partial charge in [0.15, 0.2) is 12.6 Å². The van der Waals surface area contributed by atoms with Crippen molar-refractivity contribution in [3.05, 3.63) is 11.6 Å². The van der Waals surface area contributed by atoms with Gasteiger partial charge in [-0.2, -0.15) is 0 Å². The molecule has 0 aromatic carbocycles. The first-order valence-electron chi connectivity index (χ1n) is 24.4. The Morgan fingerprint density at radius 1 is 0.716 bits per heavy atom. The van der Waals surface area contributed by atoms with E-state index in [-0.39, 0.29) is 40.6 Å². The minimum Gasteiger partial charge on any atom is -0.432 e. The maximum Gasteiger partial charge on any atom is 0.315 e. The molecule has 0 amide bonds. The van der Waals surface area contributed by atoms with Crippen molar-refractivity contribution in [3.8, 4) is 0 Å². The second-order valence-corrected chi connectivity index (χ2v) is 23.0. The fourth-order valence-corrected chi connectivity index (χ4v) is 14.7. The number of aliphatic hydroxyl groups excluding tert-OH is 11. The highest BCUT2D eigenvalue weighted by Gasteiger charge is 2.70. The number of aliphatic hydroxyl groups is 11. The molecular weight excluding hydrogens is 881 g/mol. The number of hydrogen-bond donors (Lipinski definition) is 11. The number of hydrogen-bond acceptors (Lipinski definition) is 19. The summed E-state index contributed by atoms with van der Waals surface area (Å²) in [4.78, 5) is 27.6. The first kappa shape index (κ1) is 51.6. The van der Waals surface area contributed by atoms with Crippen LogP contribution in [0.15, 0.2) is 11.6 Å². The predicted molar refractivity (Wildman–Crippen MR) is 231 cm³/mol. The van der Waals surface area contributed by atoms with Crippen LogP contribution in [0.5, 0.6) is 0 Å². The summed E-state index contributed by atoms with van der Waals surface area (Å²) in [6, 6.07) is 0. The van der Waals surface area contributed by atoms with Gasteiger partial charge in [-0.15, -0.1) is 0 Å². The first-order chi connectivity index (χ1) is 31.4. The Labute approximate surface area is 391 Å². The number of esters is 1. The molecule has 0 aromatic heterocycles. The van der Waals surface area contributed by atoms with Gasteiger partial charge < -0.3 is 89.4 Å². The summed E-state index contributed by atoms with van der Waals surface area (Å²) < 4.78 is 34.6. The van der Waals surface area contributed by atoms with Crippen LogP contribution in [0, 0.1) is 50.2 Å². The average molecular weight is 957 g/mol. The van der Waals surface area contributed by atoms with Crippen LogP contribution in [-0.2, 0) is 38.0 Å². The van der Waals surface area contributed by atoms with Crippen LogP contribution in [0.4, 0.5) is 0 Å². The summed E-state index contributed by atoms with van der Waals surface area (Å²) in [5, 5.41) is 118. The third-order valence-electron chi connectivity index (χ3n) is 19.5. The highest BCUT2D eigenvalue weighted by molar-refractivity contribution is 5.79. The lowest BCUT2D eigenvalue weighted by Crippen LogP contribution is -2.66. The van der Waals surface area contributed by atoms with Crippen molar-refractivity contribution < 1.29 is 94.2 Å². The van der Waals surface area contributed by atoms with E-state index in [0.717, 1.165) is 37.5 Å². The Kier molecular flexibility index (Phi) is 14.1. The van der Waals surface area contributed by atoms with E-state index in [1.807, 2.05) is 13.8 Å². The number of fused-ring (bicyclic) bond motifs is 7. The fourth-order valence-electron chi connectivity index (χ4n) is 14.7. The minimum atomic E-state index is -1.88. The number of aldehydes is 1. The minimum absolute atomic E-state index is 0.0134. The van der Waals surface area contributed by atoms with Crippen LogP contribution in [0.3, 0.4) is 0 Å². The molecule has 11 N–H and O–H groups in total. The molecule has 0 unspecified atom stereocenters. The molecule has 19 heteroatoms. The molecule has 0 spiro atoms. The van der Waals surface area contributed by atoms with E-state index in [1.165, 1.54) is 6.92 Å². The zero-order valence-electron chi connectivity index (χ0n) is 39.5. The van der Waals surface area contributed by atoms with Crippen molar-refractivity contribution in [1.82, 2.24) is 0 Å². The van der Waals surface area contributed by atoms with Gasteiger partial charge in [0.1, 0.15) is 73.4 Å². The Morgan fingerprint density at radius 3 is 2.03 bits per heavy atom. The summed E-state index contributed by atoms with van der Waals surface area (Å²) in [6.45, 7) is 10.8. The summed E-state index contributed by atoms with van der Waals surface area (Å²) >= 11 is 0. The van der Waals surface area contributed by atoms with Gasteiger partial charge in [-0.3, -0.25) is 4.79 Å². The molecule has 0 bridgehead atoms. The smallest absolute Gasteiger partial charge is 0.315 e. The monoisotopic (exact) mass is 956 g/mol. The molecule has 5 aliphatic carbocycles. The zero-order valence-corrected chi connectivity index (χ0v) is 39.5. The van der Waals surface area contributed by atoms with E-state index in [1.54, 1.807) is 0 Å². The molecule has 3 heterocycles. The zero-order chi connectivity index (χ0) is 49.0. The van der Waals surface area contributed by atoms with E-state index in [9.17, 15) is 65.8 Å². The van der Waals surface area contributed by atoms with Crippen molar-refractivity contribution in [2.75, 3.05) is 19.8 Å². The third-order valence-corrected chi connectivity index (χ3v) is 19.5. The lowest BCUT2D eigenvalue weighted by atomic mass is 9.33. The molecule has 0 radical (unpaired) electrons. The van der Waals surface area contributed by atoms with Crippen LogP contribution in [0.1, 0.15) is 106 Å². The molecule has 19 nitrogen and oxygen atoms in total. The van der Waals surface area contributed by atoms with Gasteiger partial charge >= 0.3 is 5.97 Å². The van der Waals surface area contributed by atoms with Crippen molar-refractivity contribution in [2.45, 2.75) is 204 Å². The summed E-state index contributed by atoms with van der Waals surface area (Å²) in [5.74, 6) is -0.780. The molecule has 382 valence electrons. The van der Waals surface area contributed by atoms with Crippen LogP contribution in [0.25, 0.3) is 0 Å². The van der Waals surface area contributed by atoms with Crippen molar-refractivity contribution in [2.24, 2.45) is 50.2 Å². The number of allylic oxidation sites excluding steroid dienone is 2. The van der Waals surface area contributed by atoms with Gasteiger partial charge in [0, 0.05) is 6.61 Å². The lowest BCUT2D eigenvalue weighted by Gasteiger charge is -2.71. The molecule has 3 saturated heterocycles. The Balaban J connectivity index is 0.987. The molecular formula is C48H76O19. The van der Waals surface area contributed by atoms with E-state index in [4.69, 9.17) is 28.4 Å². The van der Waals surface area contributed by atoms with Gasteiger partial charge in [0.25, 0.3) is 0 Å². The quantitative estimate of drug-likeness (QED) is 0.0734. The Morgan fingerprint density at radius 2 is 1.36 bits per heavy atom. The number of ether oxygens (including phenoxy) is 6. The van der Waals surface area contributed by atoms with E-state index < -0.39 is 134 Å². The molecule has 3 aliphatic heterocycles. The Hall–Kier alpha value is -1.76. The van der Waals surface area contributed by atoms with Crippen molar-refractivity contribution in [1.29, 1.82) is 0 Å². The maximum atomic E-state index is 15.0. The van der Waals surface area contributed by atoms with Crippen LogP contribution >= 0.6 is 0 Å². The van der Waals surface area contributed by atoms with Gasteiger partial charge in [-0.05, 0) is 111 Å². The van der Waals surface area contributed by atoms with E-state index >= 15 is 0 Å². The largest absolute Gasteiger partial charge is 0.432 e. The SMILES string of the molecule is C[C@@H]1O[C@@H](O[C@H]2[C@H](O)[C@@H](O)[C@H](OC[C@H]3O[C@@H](OC(=O)[C@]45CC[C@@](C)(CO)C[C@H]4C4=CC[C@@H]6[C@@]7(C)CC[C@H](O)[C@@](C)(C=O)[C@@H]7CC[C@@]6(C)[C@]4(C)CC5)[C@H](O)[C@@H](O)[C@@H]3O)O[C@@H]2CO)[C@H](O)[C@H](O)[C@H]1O. The fraction of sp³-hybridized carbons (Fsp3) is 0.917. The van der Waals surface area contributed by atoms with Crippen LogP contribution in [0.2, 0.25) is 0 Å². The van der Waals surface area contributed by atoms with E-state index in [0.29, 0.717) is 38.5 Å². The summed E-state index contributed by atoms with van der Waals surface area (Å²) in [7, 11) is 0. The number of rotatable bonds is 10. The molecule has 25 atom stereocenters. The summed E-state index contributed by atoms with van der Waals surface area (Å²) in [6.07, 6.45) is -15.8. The van der Waals surface area contributed by atoms with Crippen molar-refractivity contribution in [3.63, 3.8) is 0 Å². The first-order valence-corrected chi connectivity index (χ1v) is 24.4.